The normalized spacial score (nSPS) is 13.4. The molecule has 1 nitrogen and oxygen atoms in total. The van der Waals surface area contributed by atoms with E-state index in [9.17, 15) is 0 Å². The molecule has 1 aromatic rings. The molecule has 0 saturated carbocycles. The Morgan fingerprint density at radius 2 is 2.21 bits per heavy atom. The van der Waals surface area contributed by atoms with Crippen LogP contribution in [0.15, 0.2) is 30.3 Å². The van der Waals surface area contributed by atoms with Crippen molar-refractivity contribution in [1.29, 1.82) is 0 Å². The Kier molecular flexibility index (Phi) is 4.41. The van der Waals surface area contributed by atoms with Gasteiger partial charge in [0.1, 0.15) is 0 Å². The first kappa shape index (κ1) is 11.0. The Bertz CT molecular complexity index is 302. The smallest absolute Gasteiger partial charge is 0.0491 e. The zero-order chi connectivity index (χ0) is 10.4. The van der Waals surface area contributed by atoms with Crippen molar-refractivity contribution in [3.63, 3.8) is 0 Å². The number of hydrogen-bond donors (Lipinski definition) is 1. The molecule has 1 N–H and O–H groups in total. The molecular weight excluding hydrogens is 172 g/mol. The Morgan fingerprint density at radius 1 is 1.43 bits per heavy atom. The highest BCUT2D eigenvalue weighted by Gasteiger charge is 1.93. The summed E-state index contributed by atoms with van der Waals surface area (Å²) >= 11 is 0. The van der Waals surface area contributed by atoms with Gasteiger partial charge in [-0.1, -0.05) is 50.3 Å². The van der Waals surface area contributed by atoms with E-state index in [1.54, 1.807) is 0 Å². The Hall–Kier alpha value is -1.08. The van der Waals surface area contributed by atoms with E-state index >= 15 is 0 Å². The van der Waals surface area contributed by atoms with Gasteiger partial charge in [-0.2, -0.15) is 0 Å². The van der Waals surface area contributed by atoms with Crippen molar-refractivity contribution in [2.75, 3.05) is 6.61 Å². The van der Waals surface area contributed by atoms with Crippen LogP contribution in [0.5, 0.6) is 0 Å². The molecule has 1 atom stereocenters. The van der Waals surface area contributed by atoms with Gasteiger partial charge in [-0.25, -0.2) is 0 Å². The van der Waals surface area contributed by atoms with Crippen LogP contribution < -0.4 is 0 Å². The monoisotopic (exact) mass is 190 g/mol. The van der Waals surface area contributed by atoms with Crippen LogP contribution in [0, 0.1) is 5.92 Å². The summed E-state index contributed by atoms with van der Waals surface area (Å²) in [5, 5.41) is 8.86. The lowest BCUT2D eigenvalue weighted by Crippen LogP contribution is -1.94. The topological polar surface area (TPSA) is 20.2 Å². The molecule has 1 rings (SSSR count). The van der Waals surface area contributed by atoms with Crippen LogP contribution in [0.2, 0.25) is 0 Å². The number of aliphatic hydroxyl groups is 1. The van der Waals surface area contributed by atoms with Crippen LogP contribution in [-0.4, -0.2) is 11.7 Å². The summed E-state index contributed by atoms with van der Waals surface area (Å²) in [6.07, 6.45) is 5.17. The molecule has 1 heteroatoms. The molecule has 0 spiro atoms. The van der Waals surface area contributed by atoms with Crippen molar-refractivity contribution in [3.8, 4) is 0 Å². The van der Waals surface area contributed by atoms with E-state index in [2.05, 4.69) is 37.3 Å². The highest BCUT2D eigenvalue weighted by molar-refractivity contribution is 5.50. The summed E-state index contributed by atoms with van der Waals surface area (Å²) in [4.78, 5) is 0. The first-order valence-corrected chi connectivity index (χ1v) is 5.14. The average molecular weight is 190 g/mol. The summed E-state index contributed by atoms with van der Waals surface area (Å²) in [5.74, 6) is 0.236. The molecule has 0 bridgehead atoms. The summed E-state index contributed by atoms with van der Waals surface area (Å²) < 4.78 is 0. The second-order valence-electron chi connectivity index (χ2n) is 3.62. The number of hydrogen-bond acceptors (Lipinski definition) is 1. The lowest BCUT2D eigenvalue weighted by molar-refractivity contribution is 0.262. The van der Waals surface area contributed by atoms with Gasteiger partial charge in [-0.3, -0.25) is 0 Å². The Balaban J connectivity index is 2.71. The van der Waals surface area contributed by atoms with Gasteiger partial charge in [0.05, 0.1) is 0 Å². The molecule has 0 unspecified atom stereocenters. The van der Waals surface area contributed by atoms with Gasteiger partial charge in [-0.15, -0.1) is 0 Å². The van der Waals surface area contributed by atoms with Gasteiger partial charge in [0.25, 0.3) is 0 Å². The molecule has 14 heavy (non-hydrogen) atoms. The summed E-state index contributed by atoms with van der Waals surface area (Å²) in [6.45, 7) is 4.36. The Morgan fingerprint density at radius 3 is 2.86 bits per heavy atom. The number of benzene rings is 1. The second kappa shape index (κ2) is 5.61. The predicted octanol–water partition coefficient (Wildman–Crippen LogP) is 2.89. The molecule has 0 aliphatic heterocycles. The highest BCUT2D eigenvalue weighted by atomic mass is 16.3. The molecular formula is C13H18O. The van der Waals surface area contributed by atoms with Crippen molar-refractivity contribution >= 4 is 6.08 Å². The second-order valence-corrected chi connectivity index (χ2v) is 3.62. The molecule has 0 fully saturated rings. The standard InChI is InChI=1S/C13H18O/c1-3-12-5-4-6-13(9-12)8-7-11(2)10-14/h4-9,11,14H,3,10H2,1-2H3/b8-7+/t11-/m0/s1. The Labute approximate surface area is 86.1 Å². The maximum atomic E-state index is 8.86. The predicted molar refractivity (Wildman–Crippen MR) is 61.1 cm³/mol. The van der Waals surface area contributed by atoms with Gasteiger partial charge in [0.15, 0.2) is 0 Å². The van der Waals surface area contributed by atoms with Crippen molar-refractivity contribution in [2.24, 2.45) is 5.92 Å². The maximum Gasteiger partial charge on any atom is 0.0491 e. The SMILES string of the molecule is CCc1cccc(/C=C/[C@H](C)CO)c1. The average Bonchev–Trinajstić information content (AvgIpc) is 2.26. The van der Waals surface area contributed by atoms with Crippen molar-refractivity contribution in [1.82, 2.24) is 0 Å². The van der Waals surface area contributed by atoms with E-state index < -0.39 is 0 Å². The van der Waals surface area contributed by atoms with Crippen LogP contribution in [-0.2, 0) is 6.42 Å². The minimum atomic E-state index is 0.212. The molecule has 76 valence electrons. The van der Waals surface area contributed by atoms with Gasteiger partial charge >= 0.3 is 0 Å². The quantitative estimate of drug-likeness (QED) is 0.774. The molecule has 0 saturated heterocycles. The minimum absolute atomic E-state index is 0.212. The van der Waals surface area contributed by atoms with E-state index in [-0.39, 0.29) is 12.5 Å². The minimum Gasteiger partial charge on any atom is -0.396 e. The van der Waals surface area contributed by atoms with Crippen molar-refractivity contribution < 1.29 is 5.11 Å². The molecule has 0 aromatic heterocycles. The zero-order valence-electron chi connectivity index (χ0n) is 8.90. The van der Waals surface area contributed by atoms with Crippen LogP contribution in [0.1, 0.15) is 25.0 Å². The van der Waals surface area contributed by atoms with Crippen molar-refractivity contribution in [2.45, 2.75) is 20.3 Å². The fraction of sp³-hybridized carbons (Fsp3) is 0.385. The van der Waals surface area contributed by atoms with Crippen LogP contribution in [0.3, 0.4) is 0 Å². The number of aliphatic hydroxyl groups excluding tert-OH is 1. The van der Waals surface area contributed by atoms with E-state index in [0.29, 0.717) is 0 Å². The van der Waals surface area contributed by atoms with Crippen molar-refractivity contribution in [3.05, 3.63) is 41.5 Å². The zero-order valence-corrected chi connectivity index (χ0v) is 8.90. The third kappa shape index (κ3) is 3.35. The van der Waals surface area contributed by atoms with E-state index in [1.165, 1.54) is 11.1 Å². The van der Waals surface area contributed by atoms with Gasteiger partial charge in [-0.05, 0) is 23.5 Å². The number of aryl methyl sites for hydroxylation is 1. The van der Waals surface area contributed by atoms with Gasteiger partial charge in [0, 0.05) is 6.61 Å². The summed E-state index contributed by atoms with van der Waals surface area (Å²) in [7, 11) is 0. The first-order chi connectivity index (χ1) is 6.76. The molecule has 1 aromatic carbocycles. The number of rotatable bonds is 4. The largest absolute Gasteiger partial charge is 0.396 e. The van der Waals surface area contributed by atoms with E-state index in [4.69, 9.17) is 5.11 Å². The van der Waals surface area contributed by atoms with E-state index in [1.807, 2.05) is 13.0 Å². The van der Waals surface area contributed by atoms with Gasteiger partial charge < -0.3 is 5.11 Å². The van der Waals surface area contributed by atoms with Crippen LogP contribution in [0.25, 0.3) is 6.08 Å². The van der Waals surface area contributed by atoms with E-state index in [0.717, 1.165) is 6.42 Å². The molecule has 0 amide bonds. The summed E-state index contributed by atoms with van der Waals surface area (Å²) in [5.41, 5.74) is 2.56. The third-order valence-corrected chi connectivity index (χ3v) is 2.26. The first-order valence-electron chi connectivity index (χ1n) is 5.14. The lowest BCUT2D eigenvalue weighted by atomic mass is 10.1. The van der Waals surface area contributed by atoms with Crippen LogP contribution >= 0.6 is 0 Å². The highest BCUT2D eigenvalue weighted by Crippen LogP contribution is 2.09. The molecule has 0 heterocycles. The fourth-order valence-electron chi connectivity index (χ4n) is 1.25. The molecule has 0 aliphatic rings. The fourth-order valence-corrected chi connectivity index (χ4v) is 1.25. The molecule has 0 radical (unpaired) electrons. The van der Waals surface area contributed by atoms with Gasteiger partial charge in [0.2, 0.25) is 0 Å². The maximum absolute atomic E-state index is 8.86. The summed E-state index contributed by atoms with van der Waals surface area (Å²) in [6, 6.07) is 8.47. The molecule has 0 aliphatic carbocycles. The van der Waals surface area contributed by atoms with Crippen LogP contribution in [0.4, 0.5) is 0 Å². The lowest BCUT2D eigenvalue weighted by Gasteiger charge is -2.01. The third-order valence-electron chi connectivity index (χ3n) is 2.26.